The quantitative estimate of drug-likeness (QED) is 0.854. The van der Waals surface area contributed by atoms with Crippen molar-refractivity contribution in [2.24, 2.45) is 0 Å². The topological polar surface area (TPSA) is 66.8 Å². The second-order valence-electron chi connectivity index (χ2n) is 3.09. The van der Waals surface area contributed by atoms with Gasteiger partial charge in [0, 0.05) is 0 Å². The highest BCUT2D eigenvalue weighted by molar-refractivity contribution is 5.91. The number of alkyl halides is 3. The summed E-state index contributed by atoms with van der Waals surface area (Å²) in [6.45, 7) is -0.550. The molecule has 17 heavy (non-hydrogen) atoms. The Labute approximate surface area is 94.3 Å². The Morgan fingerprint density at radius 1 is 1.35 bits per heavy atom. The van der Waals surface area contributed by atoms with Crippen LogP contribution >= 0.6 is 0 Å². The standard InChI is InChI=1S/C10H9F3O4/c11-10(12,13)6-1-2-8(17-4-3-14)7(5-6)9(15)16/h1-2,5,14H,3-4H2,(H,15,16). The molecule has 0 heterocycles. The molecule has 0 amide bonds. The molecule has 0 aliphatic heterocycles. The van der Waals surface area contributed by atoms with Gasteiger partial charge in [0.25, 0.3) is 0 Å². The normalized spacial score (nSPS) is 11.3. The lowest BCUT2D eigenvalue weighted by Gasteiger charge is -2.11. The van der Waals surface area contributed by atoms with Crippen LogP contribution in [0.2, 0.25) is 0 Å². The molecule has 0 saturated carbocycles. The first kappa shape index (κ1) is 13.3. The van der Waals surface area contributed by atoms with Crippen molar-refractivity contribution in [3.05, 3.63) is 29.3 Å². The van der Waals surface area contributed by atoms with Gasteiger partial charge in [-0.1, -0.05) is 0 Å². The Balaban J connectivity index is 3.13. The first-order valence-electron chi connectivity index (χ1n) is 4.54. The number of benzene rings is 1. The first-order valence-corrected chi connectivity index (χ1v) is 4.54. The maximum atomic E-state index is 12.3. The van der Waals surface area contributed by atoms with Crippen LogP contribution in [0.5, 0.6) is 5.75 Å². The van der Waals surface area contributed by atoms with Crippen LogP contribution in [0.3, 0.4) is 0 Å². The van der Waals surface area contributed by atoms with Crippen molar-refractivity contribution >= 4 is 5.97 Å². The summed E-state index contributed by atoms with van der Waals surface area (Å²) in [5.41, 5.74) is -1.65. The molecule has 0 atom stereocenters. The number of aliphatic hydroxyl groups excluding tert-OH is 1. The van der Waals surface area contributed by atoms with Gasteiger partial charge in [0.2, 0.25) is 0 Å². The van der Waals surface area contributed by atoms with Gasteiger partial charge < -0.3 is 14.9 Å². The molecule has 1 aromatic carbocycles. The molecule has 4 nitrogen and oxygen atoms in total. The van der Waals surface area contributed by atoms with E-state index >= 15 is 0 Å². The van der Waals surface area contributed by atoms with Crippen molar-refractivity contribution in [3.8, 4) is 5.75 Å². The van der Waals surface area contributed by atoms with E-state index in [0.29, 0.717) is 6.07 Å². The van der Waals surface area contributed by atoms with Gasteiger partial charge in [-0.05, 0) is 18.2 Å². The monoisotopic (exact) mass is 250 g/mol. The molecule has 7 heteroatoms. The molecule has 0 radical (unpaired) electrons. The van der Waals surface area contributed by atoms with Crippen molar-refractivity contribution in [2.45, 2.75) is 6.18 Å². The van der Waals surface area contributed by atoms with Gasteiger partial charge in [0.05, 0.1) is 12.2 Å². The summed E-state index contributed by atoms with van der Waals surface area (Å²) < 4.78 is 41.8. The summed E-state index contributed by atoms with van der Waals surface area (Å²) in [5.74, 6) is -1.73. The Morgan fingerprint density at radius 3 is 2.47 bits per heavy atom. The molecular weight excluding hydrogens is 241 g/mol. The molecule has 0 bridgehead atoms. The number of carboxylic acids is 1. The van der Waals surface area contributed by atoms with Crippen LogP contribution in [0.1, 0.15) is 15.9 Å². The average molecular weight is 250 g/mol. The minimum absolute atomic E-state index is 0.189. The Bertz CT molecular complexity index is 415. The third-order valence-electron chi connectivity index (χ3n) is 1.89. The van der Waals surface area contributed by atoms with Crippen LogP contribution < -0.4 is 4.74 Å². The fourth-order valence-corrected chi connectivity index (χ4v) is 1.15. The summed E-state index contributed by atoms with van der Waals surface area (Å²) in [4.78, 5) is 10.8. The minimum Gasteiger partial charge on any atom is -0.490 e. The lowest BCUT2D eigenvalue weighted by Crippen LogP contribution is -2.10. The van der Waals surface area contributed by atoms with Crippen LogP contribution in [0.15, 0.2) is 18.2 Å². The van der Waals surface area contributed by atoms with E-state index < -0.39 is 23.3 Å². The Kier molecular flexibility index (Phi) is 3.95. The molecule has 0 aliphatic carbocycles. The summed E-state index contributed by atoms with van der Waals surface area (Å²) in [6, 6.07) is 2.14. The second-order valence-corrected chi connectivity index (χ2v) is 3.09. The zero-order valence-corrected chi connectivity index (χ0v) is 8.49. The van der Waals surface area contributed by atoms with Gasteiger partial charge >= 0.3 is 12.1 Å². The number of rotatable bonds is 4. The number of halogens is 3. The van der Waals surface area contributed by atoms with Crippen LogP contribution in [0.4, 0.5) is 13.2 Å². The number of hydrogen-bond acceptors (Lipinski definition) is 3. The van der Waals surface area contributed by atoms with E-state index in [1.54, 1.807) is 0 Å². The zero-order valence-electron chi connectivity index (χ0n) is 8.49. The molecular formula is C10H9F3O4. The lowest BCUT2D eigenvalue weighted by molar-refractivity contribution is -0.137. The second kappa shape index (κ2) is 5.05. The fraction of sp³-hybridized carbons (Fsp3) is 0.300. The number of carbonyl (C=O) groups is 1. The van der Waals surface area contributed by atoms with Crippen LogP contribution in [0.25, 0.3) is 0 Å². The molecule has 0 spiro atoms. The van der Waals surface area contributed by atoms with Gasteiger partial charge in [0.15, 0.2) is 0 Å². The average Bonchev–Trinajstić information content (AvgIpc) is 2.24. The molecule has 94 valence electrons. The van der Waals surface area contributed by atoms with E-state index in [4.69, 9.17) is 14.9 Å². The predicted molar refractivity (Wildman–Crippen MR) is 51.0 cm³/mol. The van der Waals surface area contributed by atoms with E-state index in [2.05, 4.69) is 0 Å². The number of aromatic carboxylic acids is 1. The van der Waals surface area contributed by atoms with Crippen molar-refractivity contribution in [1.82, 2.24) is 0 Å². The smallest absolute Gasteiger partial charge is 0.416 e. The van der Waals surface area contributed by atoms with Crippen LogP contribution in [-0.2, 0) is 6.18 Å². The number of hydrogen-bond donors (Lipinski definition) is 2. The molecule has 1 aromatic rings. The van der Waals surface area contributed by atoms with Gasteiger partial charge in [-0.3, -0.25) is 0 Å². The summed E-state index contributed by atoms with van der Waals surface area (Å²) >= 11 is 0. The molecule has 0 aromatic heterocycles. The molecule has 1 rings (SSSR count). The van der Waals surface area contributed by atoms with Crippen molar-refractivity contribution in [1.29, 1.82) is 0 Å². The third-order valence-corrected chi connectivity index (χ3v) is 1.89. The lowest BCUT2D eigenvalue weighted by atomic mass is 10.1. The van der Waals surface area contributed by atoms with E-state index in [0.717, 1.165) is 12.1 Å². The highest BCUT2D eigenvalue weighted by atomic mass is 19.4. The van der Waals surface area contributed by atoms with Gasteiger partial charge in [-0.15, -0.1) is 0 Å². The van der Waals surface area contributed by atoms with Crippen molar-refractivity contribution in [3.63, 3.8) is 0 Å². The molecule has 0 unspecified atom stereocenters. The Hall–Kier alpha value is -1.76. The van der Waals surface area contributed by atoms with E-state index in [1.165, 1.54) is 0 Å². The highest BCUT2D eigenvalue weighted by Crippen LogP contribution is 2.32. The number of aliphatic hydroxyl groups is 1. The summed E-state index contributed by atoms with van der Waals surface area (Å²) in [5, 5.41) is 17.2. The highest BCUT2D eigenvalue weighted by Gasteiger charge is 2.32. The molecule has 0 fully saturated rings. The maximum absolute atomic E-state index is 12.3. The number of carboxylic acid groups (broad SMARTS) is 1. The number of ether oxygens (including phenoxy) is 1. The summed E-state index contributed by atoms with van der Waals surface area (Å²) in [7, 11) is 0. The van der Waals surface area contributed by atoms with Crippen LogP contribution in [0, 0.1) is 0 Å². The summed E-state index contributed by atoms with van der Waals surface area (Å²) in [6.07, 6.45) is -4.61. The van der Waals surface area contributed by atoms with Gasteiger partial charge in [-0.25, -0.2) is 4.79 Å². The molecule has 2 N–H and O–H groups in total. The van der Waals surface area contributed by atoms with E-state index in [-0.39, 0.29) is 19.0 Å². The fourth-order valence-electron chi connectivity index (χ4n) is 1.15. The Morgan fingerprint density at radius 2 is 2.00 bits per heavy atom. The van der Waals surface area contributed by atoms with Crippen molar-refractivity contribution < 1.29 is 32.9 Å². The van der Waals surface area contributed by atoms with E-state index in [1.807, 2.05) is 0 Å². The first-order chi connectivity index (χ1) is 7.86. The van der Waals surface area contributed by atoms with Crippen LogP contribution in [-0.4, -0.2) is 29.4 Å². The molecule has 0 aliphatic rings. The van der Waals surface area contributed by atoms with Gasteiger partial charge in [-0.2, -0.15) is 13.2 Å². The minimum atomic E-state index is -4.61. The van der Waals surface area contributed by atoms with Gasteiger partial charge in [0.1, 0.15) is 17.9 Å². The third kappa shape index (κ3) is 3.35. The zero-order chi connectivity index (χ0) is 13.1. The maximum Gasteiger partial charge on any atom is 0.416 e. The van der Waals surface area contributed by atoms with Crippen molar-refractivity contribution in [2.75, 3.05) is 13.2 Å². The largest absolute Gasteiger partial charge is 0.490 e. The molecule has 0 saturated heterocycles. The SMILES string of the molecule is O=C(O)c1cc(C(F)(F)F)ccc1OCCO. The predicted octanol–water partition coefficient (Wildman–Crippen LogP) is 1.77. The van der Waals surface area contributed by atoms with E-state index in [9.17, 15) is 18.0 Å².